The molecule has 1 aliphatic heterocycles. The van der Waals surface area contributed by atoms with Crippen LogP contribution in [0.4, 0.5) is 11.6 Å². The summed E-state index contributed by atoms with van der Waals surface area (Å²) >= 11 is 1.42. The van der Waals surface area contributed by atoms with E-state index in [4.69, 9.17) is 10.5 Å². The number of nitrogens with two attached hydrogens (primary N) is 1. The van der Waals surface area contributed by atoms with Crippen LogP contribution < -0.4 is 16.4 Å². The largest absolute Gasteiger partial charge is 0.380 e. The van der Waals surface area contributed by atoms with Crippen LogP contribution in [0.25, 0.3) is 15.9 Å². The minimum absolute atomic E-state index is 0.0296. The van der Waals surface area contributed by atoms with Crippen molar-refractivity contribution in [2.45, 2.75) is 18.5 Å². The van der Waals surface area contributed by atoms with Crippen molar-refractivity contribution in [1.29, 1.82) is 0 Å². The van der Waals surface area contributed by atoms with Crippen molar-refractivity contribution in [2.75, 3.05) is 23.8 Å². The van der Waals surface area contributed by atoms with Gasteiger partial charge >= 0.3 is 0 Å². The van der Waals surface area contributed by atoms with E-state index in [1.165, 1.54) is 11.3 Å². The second-order valence-electron chi connectivity index (χ2n) is 6.73. The van der Waals surface area contributed by atoms with E-state index < -0.39 is 0 Å². The number of hydrogen-bond donors (Lipinski definition) is 3. The van der Waals surface area contributed by atoms with Crippen LogP contribution in [0.3, 0.4) is 0 Å². The van der Waals surface area contributed by atoms with Gasteiger partial charge in [0.1, 0.15) is 5.69 Å². The van der Waals surface area contributed by atoms with Gasteiger partial charge in [0.25, 0.3) is 5.91 Å². The van der Waals surface area contributed by atoms with Crippen LogP contribution in [0.15, 0.2) is 36.2 Å². The lowest BCUT2D eigenvalue weighted by molar-refractivity contribution is 0.0751. The Labute approximate surface area is 169 Å². The van der Waals surface area contributed by atoms with Gasteiger partial charge in [0.15, 0.2) is 5.65 Å². The van der Waals surface area contributed by atoms with Crippen LogP contribution in [-0.2, 0) is 4.74 Å². The van der Waals surface area contributed by atoms with Gasteiger partial charge in [0.05, 0.1) is 34.8 Å². The van der Waals surface area contributed by atoms with E-state index in [0.717, 1.165) is 11.1 Å². The highest BCUT2D eigenvalue weighted by atomic mass is 32.1. The van der Waals surface area contributed by atoms with E-state index in [2.05, 4.69) is 30.7 Å². The van der Waals surface area contributed by atoms with Gasteiger partial charge in [0, 0.05) is 36.5 Å². The number of nitrogens with zero attached hydrogens (tertiary/aromatic N) is 5. The summed E-state index contributed by atoms with van der Waals surface area (Å²) in [6, 6.07) is 1.67. The Kier molecular flexibility index (Phi) is 4.54. The first kappa shape index (κ1) is 17.9. The third-order valence-electron chi connectivity index (χ3n) is 4.80. The van der Waals surface area contributed by atoms with Crippen LogP contribution in [0.5, 0.6) is 0 Å². The summed E-state index contributed by atoms with van der Waals surface area (Å²) in [5, 5.41) is 12.1. The third kappa shape index (κ3) is 3.39. The topological polar surface area (TPSA) is 132 Å². The van der Waals surface area contributed by atoms with Crippen molar-refractivity contribution in [3.63, 3.8) is 0 Å². The van der Waals surface area contributed by atoms with Crippen molar-refractivity contribution in [1.82, 2.24) is 24.6 Å². The van der Waals surface area contributed by atoms with Crippen LogP contribution >= 0.6 is 11.3 Å². The highest BCUT2D eigenvalue weighted by molar-refractivity contribution is 7.17. The van der Waals surface area contributed by atoms with E-state index in [1.807, 2.05) is 0 Å². The lowest BCUT2D eigenvalue weighted by Crippen LogP contribution is -2.47. The average Bonchev–Trinajstić information content (AvgIpc) is 3.34. The Morgan fingerprint density at radius 3 is 3.17 bits per heavy atom. The van der Waals surface area contributed by atoms with Gasteiger partial charge in [-0.1, -0.05) is 0 Å². The molecule has 1 aliphatic rings. The van der Waals surface area contributed by atoms with Gasteiger partial charge in [0.2, 0.25) is 5.95 Å². The first-order chi connectivity index (χ1) is 14.2. The lowest BCUT2D eigenvalue weighted by Gasteiger charge is -2.29. The molecule has 148 valence electrons. The maximum Gasteiger partial charge on any atom is 0.258 e. The van der Waals surface area contributed by atoms with Crippen LogP contribution in [0, 0.1) is 0 Å². The van der Waals surface area contributed by atoms with Crippen molar-refractivity contribution < 1.29 is 9.53 Å². The third-order valence-corrected chi connectivity index (χ3v) is 5.71. The fourth-order valence-corrected chi connectivity index (χ4v) is 4.11. The maximum atomic E-state index is 12.9. The summed E-state index contributed by atoms with van der Waals surface area (Å²) in [7, 11) is 0. The predicted octanol–water partition coefficient (Wildman–Crippen LogP) is 1.51. The molecule has 5 heterocycles. The normalized spacial score (nSPS) is 19.5. The monoisotopic (exact) mass is 410 g/mol. The summed E-state index contributed by atoms with van der Waals surface area (Å²) in [6.07, 6.45) is 7.49. The summed E-state index contributed by atoms with van der Waals surface area (Å²) in [5.41, 5.74) is 8.28. The minimum Gasteiger partial charge on any atom is -0.380 e. The zero-order valence-corrected chi connectivity index (χ0v) is 16.1. The zero-order valence-electron chi connectivity index (χ0n) is 15.3. The molecule has 0 aromatic carbocycles. The number of fused-ring (bicyclic) bond motifs is 2. The molecule has 1 fully saturated rings. The Morgan fingerprint density at radius 2 is 2.28 bits per heavy atom. The molecular weight excluding hydrogens is 392 g/mol. The van der Waals surface area contributed by atoms with Gasteiger partial charge in [-0.15, -0.1) is 11.3 Å². The second kappa shape index (κ2) is 7.35. The number of carbonyl (C=O) groups excluding carboxylic acids is 1. The number of nitrogens with one attached hydrogen (secondary N) is 2. The molecule has 0 radical (unpaired) electrons. The Balaban J connectivity index is 1.41. The number of ether oxygens (including phenoxy) is 1. The van der Waals surface area contributed by atoms with Crippen LogP contribution in [0.2, 0.25) is 0 Å². The van der Waals surface area contributed by atoms with E-state index in [-0.39, 0.29) is 18.0 Å². The molecule has 4 N–H and O–H groups in total. The minimum atomic E-state index is -0.274. The molecule has 0 aliphatic carbocycles. The summed E-state index contributed by atoms with van der Waals surface area (Å²) in [4.78, 5) is 26.1. The molecule has 1 amide bonds. The quantitative estimate of drug-likeness (QED) is 0.461. The van der Waals surface area contributed by atoms with Crippen molar-refractivity contribution in [3.05, 3.63) is 41.8 Å². The van der Waals surface area contributed by atoms with Crippen molar-refractivity contribution in [3.8, 4) is 0 Å². The Morgan fingerprint density at radius 1 is 1.34 bits per heavy atom. The average molecular weight is 410 g/mol. The van der Waals surface area contributed by atoms with Gasteiger partial charge < -0.3 is 21.1 Å². The van der Waals surface area contributed by atoms with Gasteiger partial charge in [-0.25, -0.2) is 19.5 Å². The zero-order chi connectivity index (χ0) is 19.8. The van der Waals surface area contributed by atoms with Gasteiger partial charge in [-0.05, 0) is 12.5 Å². The fourth-order valence-electron chi connectivity index (χ4n) is 3.27. The SMILES string of the molecule is NC1COCCC1Nc1ncc2scc(C(=O)Nc3cnn4cccnc34)c2n1. The first-order valence-electron chi connectivity index (χ1n) is 9.13. The molecule has 2 atom stereocenters. The van der Waals surface area contributed by atoms with Crippen LogP contribution in [0.1, 0.15) is 16.8 Å². The van der Waals surface area contributed by atoms with Crippen molar-refractivity contribution >= 4 is 44.7 Å². The van der Waals surface area contributed by atoms with E-state index in [0.29, 0.717) is 41.6 Å². The first-order valence-corrected chi connectivity index (χ1v) is 10.0. The molecule has 1 saturated heterocycles. The number of hydrogen-bond acceptors (Lipinski definition) is 9. The maximum absolute atomic E-state index is 12.9. The number of rotatable bonds is 4. The Bertz CT molecular complexity index is 1190. The highest BCUT2D eigenvalue weighted by Gasteiger charge is 2.23. The number of amides is 1. The molecule has 5 rings (SSSR count). The molecule has 0 saturated carbocycles. The highest BCUT2D eigenvalue weighted by Crippen LogP contribution is 2.26. The van der Waals surface area contributed by atoms with Gasteiger partial charge in [-0.2, -0.15) is 5.10 Å². The molecule has 0 bridgehead atoms. The summed E-state index contributed by atoms with van der Waals surface area (Å²) in [6.45, 7) is 1.15. The molecule has 29 heavy (non-hydrogen) atoms. The summed E-state index contributed by atoms with van der Waals surface area (Å²) in [5.74, 6) is 0.175. The molecule has 10 nitrogen and oxygen atoms in total. The molecule has 4 aromatic heterocycles. The lowest BCUT2D eigenvalue weighted by atomic mass is 10.1. The number of anilines is 2. The Hall–Kier alpha value is -3.15. The number of thiophene rings is 1. The fraction of sp³-hybridized carbons (Fsp3) is 0.278. The molecule has 2 unspecified atom stereocenters. The molecular formula is C18H18N8O2S. The van der Waals surface area contributed by atoms with Gasteiger partial charge in [-0.3, -0.25) is 4.79 Å². The smallest absolute Gasteiger partial charge is 0.258 e. The molecule has 11 heteroatoms. The number of aromatic nitrogens is 5. The molecule has 4 aromatic rings. The predicted molar refractivity (Wildman–Crippen MR) is 109 cm³/mol. The van der Waals surface area contributed by atoms with E-state index in [1.54, 1.807) is 40.7 Å². The van der Waals surface area contributed by atoms with Crippen LogP contribution in [-0.4, -0.2) is 55.8 Å². The summed E-state index contributed by atoms with van der Waals surface area (Å²) < 4.78 is 7.80. The second-order valence-corrected chi connectivity index (χ2v) is 7.65. The van der Waals surface area contributed by atoms with E-state index >= 15 is 0 Å². The van der Waals surface area contributed by atoms with E-state index in [9.17, 15) is 4.79 Å². The molecule has 0 spiro atoms. The van der Waals surface area contributed by atoms with Crippen molar-refractivity contribution in [2.24, 2.45) is 5.73 Å². The standard InChI is InChI=1S/C18H18N8O2S/c19-11-8-28-5-2-12(11)24-18-21-7-14-15(25-18)10(9-29-14)17(27)23-13-6-22-26-4-1-3-20-16(13)26/h1,3-4,6-7,9,11-12H,2,5,8,19H2,(H,23,27)(H,21,24,25). The number of carbonyl (C=O) groups is 1.